The maximum atomic E-state index is 9.84. The molecule has 0 aliphatic carbocycles. The zero-order chi connectivity index (χ0) is 16.5. The topological polar surface area (TPSA) is 32.7 Å². The summed E-state index contributed by atoms with van der Waals surface area (Å²) in [6.45, 7) is 7.56. The van der Waals surface area contributed by atoms with Crippen LogP contribution >= 0.6 is 0 Å². The molecule has 0 unspecified atom stereocenters. The molecule has 0 atom stereocenters. The van der Waals surface area contributed by atoms with Crippen molar-refractivity contribution in [3.8, 4) is 11.5 Å². The molecular weight excluding hydrogens is 286 g/mol. The van der Waals surface area contributed by atoms with Crippen LogP contribution < -0.4 is 4.74 Å². The van der Waals surface area contributed by atoms with Crippen molar-refractivity contribution in [3.63, 3.8) is 0 Å². The number of rotatable bonds is 9. The Kier molecular flexibility index (Phi) is 6.95. The van der Waals surface area contributed by atoms with Gasteiger partial charge in [-0.2, -0.15) is 0 Å². The number of phenolic OH excluding ortho intramolecular Hbond substituents is 1. The molecular formula is C20H27NO2. The first-order chi connectivity index (χ1) is 11.2. The predicted molar refractivity (Wildman–Crippen MR) is 94.7 cm³/mol. The number of hydrogen-bond donors (Lipinski definition) is 1. The second-order valence-corrected chi connectivity index (χ2v) is 5.78. The van der Waals surface area contributed by atoms with Crippen LogP contribution in [0.5, 0.6) is 11.5 Å². The second-order valence-electron chi connectivity index (χ2n) is 5.78. The van der Waals surface area contributed by atoms with Crippen LogP contribution in [0.1, 0.15) is 37.8 Å². The van der Waals surface area contributed by atoms with Crippen LogP contribution in [0.4, 0.5) is 0 Å². The molecule has 0 aliphatic heterocycles. The molecule has 23 heavy (non-hydrogen) atoms. The van der Waals surface area contributed by atoms with E-state index in [1.54, 1.807) is 6.07 Å². The van der Waals surface area contributed by atoms with Gasteiger partial charge in [0.15, 0.2) is 11.5 Å². The maximum absolute atomic E-state index is 9.84. The van der Waals surface area contributed by atoms with E-state index < -0.39 is 0 Å². The average molecular weight is 313 g/mol. The van der Waals surface area contributed by atoms with Crippen LogP contribution in [0.3, 0.4) is 0 Å². The zero-order valence-electron chi connectivity index (χ0n) is 14.2. The maximum Gasteiger partial charge on any atom is 0.161 e. The fraction of sp³-hybridized carbons (Fsp3) is 0.400. The van der Waals surface area contributed by atoms with E-state index in [4.69, 9.17) is 4.74 Å². The molecule has 0 spiro atoms. The number of unbranched alkanes of at least 4 members (excludes halogenated alkanes) is 1. The summed E-state index contributed by atoms with van der Waals surface area (Å²) in [7, 11) is 0. The van der Waals surface area contributed by atoms with Crippen molar-refractivity contribution in [2.75, 3.05) is 13.2 Å². The first kappa shape index (κ1) is 17.4. The van der Waals surface area contributed by atoms with E-state index in [0.717, 1.165) is 19.6 Å². The first-order valence-electron chi connectivity index (χ1n) is 8.44. The number of nitrogens with zero attached hydrogens (tertiary/aromatic N) is 1. The monoisotopic (exact) mass is 313 g/mol. The van der Waals surface area contributed by atoms with E-state index in [1.807, 2.05) is 25.1 Å². The predicted octanol–water partition coefficient (Wildman–Crippen LogP) is 4.59. The Morgan fingerprint density at radius 2 is 1.70 bits per heavy atom. The molecule has 0 bridgehead atoms. The van der Waals surface area contributed by atoms with Crippen LogP contribution in [0.25, 0.3) is 0 Å². The van der Waals surface area contributed by atoms with Crippen molar-refractivity contribution >= 4 is 0 Å². The lowest BCUT2D eigenvalue weighted by Crippen LogP contribution is -2.24. The lowest BCUT2D eigenvalue weighted by atomic mass is 10.1. The fourth-order valence-corrected chi connectivity index (χ4v) is 2.62. The molecule has 0 amide bonds. The van der Waals surface area contributed by atoms with Gasteiger partial charge in [0, 0.05) is 13.1 Å². The molecule has 0 aromatic heterocycles. The van der Waals surface area contributed by atoms with Crippen LogP contribution in [-0.2, 0) is 13.1 Å². The Balaban J connectivity index is 2.09. The van der Waals surface area contributed by atoms with E-state index >= 15 is 0 Å². The third-order valence-electron chi connectivity index (χ3n) is 3.81. The molecule has 0 aliphatic rings. The molecule has 3 heteroatoms. The molecule has 0 heterocycles. The lowest BCUT2D eigenvalue weighted by Gasteiger charge is -2.23. The van der Waals surface area contributed by atoms with Gasteiger partial charge in [-0.15, -0.1) is 0 Å². The van der Waals surface area contributed by atoms with E-state index in [-0.39, 0.29) is 5.75 Å². The van der Waals surface area contributed by atoms with E-state index in [2.05, 4.69) is 36.1 Å². The highest BCUT2D eigenvalue weighted by Crippen LogP contribution is 2.27. The largest absolute Gasteiger partial charge is 0.504 e. The van der Waals surface area contributed by atoms with Gasteiger partial charge in [-0.25, -0.2) is 0 Å². The number of aromatic hydroxyl groups is 1. The minimum atomic E-state index is 0.207. The molecule has 2 aromatic rings. The van der Waals surface area contributed by atoms with Gasteiger partial charge >= 0.3 is 0 Å². The summed E-state index contributed by atoms with van der Waals surface area (Å²) in [5.41, 5.74) is 2.49. The molecule has 0 saturated carbocycles. The lowest BCUT2D eigenvalue weighted by molar-refractivity contribution is 0.251. The Morgan fingerprint density at radius 3 is 2.39 bits per heavy atom. The smallest absolute Gasteiger partial charge is 0.161 e. The number of hydrogen-bond acceptors (Lipinski definition) is 3. The van der Waals surface area contributed by atoms with Crippen LogP contribution in [0, 0.1) is 0 Å². The normalized spacial score (nSPS) is 10.9. The standard InChI is InChI=1S/C20H27NO2/c1-3-5-13-21(15-17-9-7-6-8-10-17)16-18-11-12-19(22)20(14-18)23-4-2/h6-12,14,22H,3-5,13,15-16H2,1-2H3. The minimum Gasteiger partial charge on any atom is -0.504 e. The summed E-state index contributed by atoms with van der Waals surface area (Å²) in [6, 6.07) is 16.2. The Hall–Kier alpha value is -2.00. The van der Waals surface area contributed by atoms with Gasteiger partial charge in [-0.1, -0.05) is 49.7 Å². The van der Waals surface area contributed by atoms with Crippen LogP contribution in [-0.4, -0.2) is 23.2 Å². The summed E-state index contributed by atoms with van der Waals surface area (Å²) >= 11 is 0. The molecule has 2 aromatic carbocycles. The van der Waals surface area contributed by atoms with E-state index in [9.17, 15) is 5.11 Å². The van der Waals surface area contributed by atoms with Gasteiger partial charge in [0.1, 0.15) is 0 Å². The van der Waals surface area contributed by atoms with Crippen molar-refractivity contribution < 1.29 is 9.84 Å². The van der Waals surface area contributed by atoms with Crippen molar-refractivity contribution in [2.45, 2.75) is 39.8 Å². The van der Waals surface area contributed by atoms with Gasteiger partial charge in [-0.3, -0.25) is 4.90 Å². The SMILES string of the molecule is CCCCN(Cc1ccccc1)Cc1ccc(O)c(OCC)c1. The Morgan fingerprint density at radius 1 is 0.957 bits per heavy atom. The Labute approximate surface area is 139 Å². The minimum absolute atomic E-state index is 0.207. The highest BCUT2D eigenvalue weighted by molar-refractivity contribution is 5.41. The quantitative estimate of drug-likeness (QED) is 0.735. The molecule has 0 fully saturated rings. The number of benzene rings is 2. The average Bonchev–Trinajstić information content (AvgIpc) is 2.57. The molecule has 0 saturated heterocycles. The van der Waals surface area contributed by atoms with E-state index in [0.29, 0.717) is 12.4 Å². The van der Waals surface area contributed by atoms with Crippen molar-refractivity contribution in [3.05, 3.63) is 59.7 Å². The van der Waals surface area contributed by atoms with Gasteiger partial charge in [0.2, 0.25) is 0 Å². The summed E-state index contributed by atoms with van der Waals surface area (Å²) in [5, 5.41) is 9.84. The third kappa shape index (κ3) is 5.61. The summed E-state index contributed by atoms with van der Waals surface area (Å²) in [6.07, 6.45) is 2.37. The van der Waals surface area contributed by atoms with Crippen molar-refractivity contribution in [1.29, 1.82) is 0 Å². The second kappa shape index (κ2) is 9.21. The fourth-order valence-electron chi connectivity index (χ4n) is 2.62. The van der Waals surface area contributed by atoms with Gasteiger partial charge in [0.25, 0.3) is 0 Å². The molecule has 1 N–H and O–H groups in total. The molecule has 3 nitrogen and oxygen atoms in total. The third-order valence-corrected chi connectivity index (χ3v) is 3.81. The number of phenols is 1. The van der Waals surface area contributed by atoms with Crippen LogP contribution in [0.15, 0.2) is 48.5 Å². The molecule has 124 valence electrons. The van der Waals surface area contributed by atoms with Gasteiger partial charge in [0.05, 0.1) is 6.61 Å². The summed E-state index contributed by atoms with van der Waals surface area (Å²) in [4.78, 5) is 2.45. The molecule has 0 radical (unpaired) electrons. The van der Waals surface area contributed by atoms with Crippen LogP contribution in [0.2, 0.25) is 0 Å². The van der Waals surface area contributed by atoms with E-state index in [1.165, 1.54) is 24.0 Å². The zero-order valence-corrected chi connectivity index (χ0v) is 14.2. The summed E-state index contributed by atoms with van der Waals surface area (Å²) in [5.74, 6) is 0.777. The first-order valence-corrected chi connectivity index (χ1v) is 8.44. The Bertz CT molecular complexity index is 583. The van der Waals surface area contributed by atoms with Crippen molar-refractivity contribution in [1.82, 2.24) is 4.90 Å². The number of ether oxygens (including phenoxy) is 1. The molecule has 2 rings (SSSR count). The van der Waals surface area contributed by atoms with Gasteiger partial charge < -0.3 is 9.84 Å². The highest BCUT2D eigenvalue weighted by atomic mass is 16.5. The van der Waals surface area contributed by atoms with Crippen molar-refractivity contribution in [2.24, 2.45) is 0 Å². The highest BCUT2D eigenvalue weighted by Gasteiger charge is 2.09. The summed E-state index contributed by atoms with van der Waals surface area (Å²) < 4.78 is 5.49. The van der Waals surface area contributed by atoms with Gasteiger partial charge in [-0.05, 0) is 43.1 Å².